The third-order valence-corrected chi connectivity index (χ3v) is 14.4. The van der Waals surface area contributed by atoms with Gasteiger partial charge in [-0.1, -0.05) is 6.07 Å². The molecule has 0 fully saturated rings. The van der Waals surface area contributed by atoms with Crippen LogP contribution in [0.4, 0.5) is 57.9 Å². The van der Waals surface area contributed by atoms with Crippen molar-refractivity contribution in [1.82, 2.24) is 29.9 Å². The van der Waals surface area contributed by atoms with Crippen LogP contribution in [-0.2, 0) is 59.0 Å². The summed E-state index contributed by atoms with van der Waals surface area (Å²) in [5, 5.41) is 19.1. The van der Waals surface area contributed by atoms with Gasteiger partial charge < -0.3 is 26.0 Å². The number of methoxy groups -OCH3 is 1. The number of aromatic nitrogens is 6. The van der Waals surface area contributed by atoms with Crippen LogP contribution in [0.25, 0.3) is 0 Å². The smallest absolute Gasteiger partial charge is 0.397 e. The minimum atomic E-state index is -4.87. The number of nitrogens with zero attached hydrogens (tertiary/aromatic N) is 8. The Morgan fingerprint density at radius 3 is 1.55 bits per heavy atom. The first-order valence-electron chi connectivity index (χ1n) is 19.2. The summed E-state index contributed by atoms with van der Waals surface area (Å²) in [6.07, 6.45) is 0. The molecule has 7 N–H and O–H groups in total. The monoisotopic (exact) mass is 1120 g/mol. The molecule has 0 aliphatic rings. The molecule has 0 unspecified atom stereocenters. The first kappa shape index (κ1) is 54.0. The van der Waals surface area contributed by atoms with E-state index in [-0.39, 0.29) is 72.7 Å². The van der Waals surface area contributed by atoms with Crippen molar-refractivity contribution in [1.29, 1.82) is 0 Å². The summed E-state index contributed by atoms with van der Waals surface area (Å²) >= 11 is 12.3. The summed E-state index contributed by atoms with van der Waals surface area (Å²) < 4.78 is 160. The molecule has 0 bridgehead atoms. The lowest BCUT2D eigenvalue weighted by Crippen LogP contribution is -2.15. The van der Waals surface area contributed by atoms with Gasteiger partial charge in [0.2, 0.25) is 34.4 Å². The van der Waals surface area contributed by atoms with Gasteiger partial charge in [-0.15, -0.1) is 5.11 Å². The van der Waals surface area contributed by atoms with Crippen molar-refractivity contribution in [3.05, 3.63) is 95.0 Å². The van der Waals surface area contributed by atoms with Gasteiger partial charge in [-0.3, -0.25) is 13.7 Å². The van der Waals surface area contributed by atoms with Crippen LogP contribution >= 0.6 is 23.2 Å². The van der Waals surface area contributed by atoms with Crippen LogP contribution in [0.2, 0.25) is 10.6 Å². The molecule has 28 nitrogen and oxygen atoms in total. The lowest BCUT2D eigenvalue weighted by Gasteiger charge is -2.13. The van der Waals surface area contributed by atoms with Crippen LogP contribution < -0.4 is 26.0 Å². The third kappa shape index (κ3) is 15.8. The van der Waals surface area contributed by atoms with E-state index in [1.165, 1.54) is 73.8 Å². The van der Waals surface area contributed by atoms with Gasteiger partial charge in [-0.05, 0) is 102 Å². The fraction of sp³-hybridized carbons (Fsp3) is 0.167. The number of aryl methyl sites for hydroxylation is 1. The van der Waals surface area contributed by atoms with Gasteiger partial charge in [0.1, 0.15) is 16.3 Å². The number of nitrogens with one attached hydrogen (secondary N) is 4. The minimum Gasteiger partial charge on any atom is -0.494 e. The highest BCUT2D eigenvalue weighted by molar-refractivity contribution is 7.91. The van der Waals surface area contributed by atoms with E-state index in [2.05, 4.69) is 69.8 Å². The van der Waals surface area contributed by atoms with E-state index in [4.69, 9.17) is 37.0 Å². The first-order valence-corrected chi connectivity index (χ1v) is 27.4. The first-order chi connectivity index (χ1) is 33.1. The molecule has 0 aliphatic heterocycles. The molecular weight excluding hydrogens is 1090 g/mol. The molecule has 6 rings (SSSR count). The molecule has 0 aliphatic carbocycles. The molecule has 378 valence electrons. The van der Waals surface area contributed by atoms with E-state index in [0.717, 1.165) is 6.07 Å². The lowest BCUT2D eigenvalue weighted by atomic mass is 10.1. The Bertz CT molecular complexity index is 3600. The molecule has 0 spiro atoms. The average molecular weight is 1120 g/mol. The maximum atomic E-state index is 12.7. The molecule has 71 heavy (non-hydrogen) atoms. The second-order valence-electron chi connectivity index (χ2n) is 13.9. The van der Waals surface area contributed by atoms with Crippen LogP contribution in [-0.4, -0.2) is 117 Å². The molecule has 0 saturated heterocycles. The molecule has 0 saturated carbocycles. The zero-order chi connectivity index (χ0) is 51.9. The van der Waals surface area contributed by atoms with Gasteiger partial charge in [0.15, 0.2) is 19.7 Å². The largest absolute Gasteiger partial charge is 0.494 e. The number of ether oxygens (including phenoxy) is 1. The number of azo groups is 1. The predicted octanol–water partition coefficient (Wildman–Crippen LogP) is 5.50. The number of rotatable bonds is 22. The number of benzene rings is 4. The lowest BCUT2D eigenvalue weighted by molar-refractivity contribution is 0.282. The zero-order valence-electron chi connectivity index (χ0n) is 35.9. The van der Waals surface area contributed by atoms with Gasteiger partial charge in [-0.2, -0.15) is 60.3 Å². The molecule has 0 radical (unpaired) electrons. The molecule has 0 atom stereocenters. The standard InChI is InChI=1S/C36H34Cl2N12O16S5/c1-20-16-27(42-36-46-32(38)43-33(48-36)39-21-6-9-24(10-7-21)67(51,52)14-12-65-70(58,59)60)29(64-2)19-26(20)49-50-28-18-23(8-11-30(28)69(55,56)57)41-35-45-31(37)44-34(47-35)40-22-4-3-5-25(17-22)68(53,54)15-13-66-71(61,62)63/h3-11,16-19H,12-15H2,1-2H3,(H,55,56,57)(H,58,59,60)(H,61,62,63)(H2,39,42,43,46,48)(H2,40,41,44,45,47). The van der Waals surface area contributed by atoms with Gasteiger partial charge >= 0.3 is 20.8 Å². The zero-order valence-corrected chi connectivity index (χ0v) is 41.5. The summed E-state index contributed by atoms with van der Waals surface area (Å²) in [5.74, 6) is -1.88. The number of halogens is 2. The Morgan fingerprint density at radius 2 is 1.03 bits per heavy atom. The summed E-state index contributed by atoms with van der Waals surface area (Å²) in [5.41, 5.74) is 1.15. The van der Waals surface area contributed by atoms with Crippen molar-refractivity contribution < 1.29 is 68.9 Å². The quantitative estimate of drug-likeness (QED) is 0.0326. The molecule has 4 aromatic carbocycles. The molecule has 6 aromatic rings. The van der Waals surface area contributed by atoms with Crippen LogP contribution in [0.5, 0.6) is 5.75 Å². The summed E-state index contributed by atoms with van der Waals surface area (Å²) in [6, 6.07) is 16.9. The van der Waals surface area contributed by atoms with E-state index >= 15 is 0 Å². The summed E-state index contributed by atoms with van der Waals surface area (Å²) in [6.45, 7) is -0.0148. The molecule has 35 heteroatoms. The van der Waals surface area contributed by atoms with E-state index in [1.54, 1.807) is 13.0 Å². The normalized spacial score (nSPS) is 12.4. The Labute approximate surface area is 413 Å². The highest BCUT2D eigenvalue weighted by Gasteiger charge is 2.21. The molecule has 0 amide bonds. The minimum absolute atomic E-state index is 0.0721. The van der Waals surface area contributed by atoms with Gasteiger partial charge in [0, 0.05) is 23.1 Å². The van der Waals surface area contributed by atoms with Crippen molar-refractivity contribution >= 4 is 132 Å². The van der Waals surface area contributed by atoms with E-state index in [1.807, 2.05) is 0 Å². The molecule has 2 heterocycles. The van der Waals surface area contributed by atoms with E-state index in [0.29, 0.717) is 16.9 Å². The Hall–Kier alpha value is -6.37. The topological polar surface area (TPSA) is 409 Å². The van der Waals surface area contributed by atoms with Crippen LogP contribution in [0.1, 0.15) is 5.56 Å². The molecule has 2 aromatic heterocycles. The predicted molar refractivity (Wildman–Crippen MR) is 253 cm³/mol. The van der Waals surface area contributed by atoms with Crippen molar-refractivity contribution in [2.45, 2.75) is 21.6 Å². The van der Waals surface area contributed by atoms with Crippen LogP contribution in [0.3, 0.4) is 0 Å². The van der Waals surface area contributed by atoms with E-state index < -0.39 is 80.2 Å². The Morgan fingerprint density at radius 1 is 0.549 bits per heavy atom. The van der Waals surface area contributed by atoms with Crippen molar-refractivity contribution in [3.63, 3.8) is 0 Å². The second-order valence-corrected chi connectivity index (χ2v) is 22.4. The van der Waals surface area contributed by atoms with Gasteiger partial charge in [-0.25, -0.2) is 25.2 Å². The molecular formula is C36H34Cl2N12O16S5. The highest BCUT2D eigenvalue weighted by Crippen LogP contribution is 2.37. The van der Waals surface area contributed by atoms with Gasteiger partial charge in [0.05, 0.1) is 53.0 Å². The summed E-state index contributed by atoms with van der Waals surface area (Å²) in [4.78, 5) is 23.5. The maximum Gasteiger partial charge on any atom is 0.397 e. The Kier molecular flexibility index (Phi) is 16.7. The fourth-order valence-electron chi connectivity index (χ4n) is 5.73. The fourth-order valence-corrected chi connectivity index (χ4v) is 9.67. The van der Waals surface area contributed by atoms with Crippen molar-refractivity contribution in [2.75, 3.05) is 53.1 Å². The highest BCUT2D eigenvalue weighted by atomic mass is 35.5. The number of hydrogen-bond acceptors (Lipinski definition) is 25. The number of sulfone groups is 2. The maximum absolute atomic E-state index is 12.7. The van der Waals surface area contributed by atoms with Crippen LogP contribution in [0.15, 0.2) is 104 Å². The number of hydrogen-bond donors (Lipinski definition) is 7. The van der Waals surface area contributed by atoms with Crippen molar-refractivity contribution in [3.8, 4) is 5.75 Å². The third-order valence-electron chi connectivity index (χ3n) is 8.83. The second kappa shape index (κ2) is 22.0. The van der Waals surface area contributed by atoms with E-state index in [9.17, 15) is 46.6 Å². The SMILES string of the molecule is COc1cc(N=Nc2cc(Nc3nc(Cl)nc(Nc4cccc(S(=O)(=O)CCOS(=O)(=O)O)c4)n3)ccc2S(=O)(=O)O)c(C)cc1Nc1nc(Cl)nc(Nc2ccc(S(=O)(=O)CCOS(=O)(=O)O)cc2)n1. The van der Waals surface area contributed by atoms with Crippen molar-refractivity contribution in [2.24, 2.45) is 10.2 Å². The van der Waals surface area contributed by atoms with Gasteiger partial charge in [0.25, 0.3) is 10.1 Å². The summed E-state index contributed by atoms with van der Waals surface area (Å²) in [7, 11) is -21.3. The number of anilines is 8. The van der Waals surface area contributed by atoms with Crippen LogP contribution in [0, 0.1) is 6.92 Å². The Balaban J connectivity index is 1.18. The average Bonchev–Trinajstić information content (AvgIpc) is 3.24.